The van der Waals surface area contributed by atoms with Crippen LogP contribution in [-0.2, 0) is 18.9 Å². The summed E-state index contributed by atoms with van der Waals surface area (Å²) in [7, 11) is 7.89. The Balaban J connectivity index is 2.65. The molecule has 0 saturated carbocycles. The molecule has 0 N–H and O–H groups in total. The van der Waals surface area contributed by atoms with Gasteiger partial charge in [0.25, 0.3) is 0 Å². The van der Waals surface area contributed by atoms with Gasteiger partial charge in [0.05, 0.1) is 0 Å². The zero-order valence-corrected chi connectivity index (χ0v) is 16.3. The zero-order chi connectivity index (χ0) is 16.5. The first-order chi connectivity index (χ1) is 10.5. The van der Waals surface area contributed by atoms with E-state index in [0.29, 0.717) is 30.1 Å². The third-order valence-electron chi connectivity index (χ3n) is 3.56. The lowest BCUT2D eigenvalue weighted by Gasteiger charge is -2.20. The van der Waals surface area contributed by atoms with E-state index < -0.39 is 0 Å². The van der Waals surface area contributed by atoms with E-state index in [1.54, 1.807) is 28.4 Å². The van der Waals surface area contributed by atoms with Crippen LogP contribution in [0, 0.1) is 0 Å². The van der Waals surface area contributed by atoms with Crippen LogP contribution >= 0.6 is 0 Å². The van der Waals surface area contributed by atoms with Gasteiger partial charge in [-0.15, -0.1) is 0 Å². The van der Waals surface area contributed by atoms with Gasteiger partial charge in [0.2, 0.25) is 0 Å². The van der Waals surface area contributed by atoms with Gasteiger partial charge in [0.15, 0.2) is 0 Å². The Morgan fingerprint density at radius 3 is 1.14 bits per heavy atom. The summed E-state index contributed by atoms with van der Waals surface area (Å²) in [6, 6.07) is 8.80. The predicted octanol–water partition coefficient (Wildman–Crippen LogP) is 2.37. The maximum atomic E-state index is 5.29. The van der Waals surface area contributed by atoms with Gasteiger partial charge in [-0.1, -0.05) is 38.1 Å². The van der Waals surface area contributed by atoms with Crippen molar-refractivity contribution in [3.8, 4) is 0 Å². The van der Waals surface area contributed by atoms with E-state index in [4.69, 9.17) is 18.9 Å². The van der Waals surface area contributed by atoms with Crippen molar-refractivity contribution in [1.29, 1.82) is 0 Å². The summed E-state index contributed by atoms with van der Waals surface area (Å²) in [6.07, 6.45) is 0. The van der Waals surface area contributed by atoms with Crippen LogP contribution in [0.5, 0.6) is 0 Å². The molecule has 4 nitrogen and oxygen atoms in total. The second-order valence-corrected chi connectivity index (χ2v) is 8.39. The van der Waals surface area contributed by atoms with Gasteiger partial charge in [-0.25, -0.2) is 0 Å². The first-order valence-electron chi connectivity index (χ1n) is 7.28. The molecule has 22 heavy (non-hydrogen) atoms. The van der Waals surface area contributed by atoms with Crippen LogP contribution in [0.15, 0.2) is 24.3 Å². The Morgan fingerprint density at radius 2 is 0.909 bits per heavy atom. The molecule has 0 aliphatic carbocycles. The molecular formula is C16H26O4Si2. The minimum atomic E-state index is -0.126. The molecule has 2 unspecified atom stereocenters. The van der Waals surface area contributed by atoms with E-state index >= 15 is 0 Å². The lowest BCUT2D eigenvalue weighted by atomic mass is 10.1. The molecule has 6 heteroatoms. The molecule has 0 aliphatic heterocycles. The van der Waals surface area contributed by atoms with Crippen molar-refractivity contribution in [3.63, 3.8) is 0 Å². The van der Waals surface area contributed by atoms with Crippen molar-refractivity contribution >= 4 is 19.0 Å². The lowest BCUT2D eigenvalue weighted by molar-refractivity contribution is -0.0448. The average Bonchev–Trinajstić information content (AvgIpc) is 2.57. The molecule has 0 spiro atoms. The summed E-state index contributed by atoms with van der Waals surface area (Å²) in [4.78, 5) is 0. The molecule has 0 aliphatic rings. The average molecular weight is 339 g/mol. The summed E-state index contributed by atoms with van der Waals surface area (Å²) in [5.74, 6) is -0.251. The van der Waals surface area contributed by atoms with Crippen molar-refractivity contribution in [2.45, 2.75) is 36.8 Å². The van der Waals surface area contributed by atoms with Crippen LogP contribution in [0.1, 0.15) is 36.1 Å². The maximum absolute atomic E-state index is 5.29. The van der Waals surface area contributed by atoms with Crippen LogP contribution in [0.3, 0.4) is 0 Å². The van der Waals surface area contributed by atoms with Crippen LogP contribution in [0.25, 0.3) is 0 Å². The zero-order valence-electron chi connectivity index (χ0n) is 14.3. The SMILES string of the molecule is COC(OC)[Si]C(C)c1ccc(C(C)[Si]C(OC)OC)cc1. The van der Waals surface area contributed by atoms with E-state index in [1.165, 1.54) is 11.1 Å². The number of hydrogen-bond donors (Lipinski definition) is 0. The van der Waals surface area contributed by atoms with Gasteiger partial charge in [0.1, 0.15) is 30.9 Å². The summed E-state index contributed by atoms with van der Waals surface area (Å²) in [5, 5.41) is 0. The van der Waals surface area contributed by atoms with E-state index in [1.807, 2.05) is 0 Å². The van der Waals surface area contributed by atoms with Crippen molar-refractivity contribution in [2.75, 3.05) is 28.4 Å². The first-order valence-corrected chi connectivity index (χ1v) is 9.59. The van der Waals surface area contributed by atoms with E-state index in [2.05, 4.69) is 38.1 Å². The van der Waals surface area contributed by atoms with Gasteiger partial charge >= 0.3 is 0 Å². The standard InChI is InChI=1S/C16H26O4Si2/c1-11(21-15(17-3)18-4)13-7-9-14(10-8-13)12(2)22-16(19-5)20-6/h7-12,15-16H,1-6H3. The number of methoxy groups -OCH3 is 4. The Morgan fingerprint density at radius 1 is 0.636 bits per heavy atom. The van der Waals surface area contributed by atoms with Crippen LogP contribution in [0.4, 0.5) is 0 Å². The second-order valence-electron chi connectivity index (χ2n) is 5.05. The Labute approximate surface area is 139 Å². The Kier molecular flexibility index (Phi) is 9.15. The van der Waals surface area contributed by atoms with Crippen molar-refractivity contribution < 1.29 is 18.9 Å². The molecule has 1 aromatic rings. The molecule has 4 radical (unpaired) electrons. The summed E-state index contributed by atoms with van der Waals surface area (Å²) in [5.41, 5.74) is 3.46. The smallest absolute Gasteiger partial charge is 0.137 e. The minimum absolute atomic E-state index is 0.126. The van der Waals surface area contributed by atoms with Crippen molar-refractivity contribution in [1.82, 2.24) is 0 Å². The van der Waals surface area contributed by atoms with Crippen LogP contribution in [0.2, 0.25) is 0 Å². The predicted molar refractivity (Wildman–Crippen MR) is 90.4 cm³/mol. The fourth-order valence-corrected chi connectivity index (χ4v) is 4.27. The van der Waals surface area contributed by atoms with Crippen molar-refractivity contribution in [2.24, 2.45) is 0 Å². The first kappa shape index (κ1) is 19.5. The lowest BCUT2D eigenvalue weighted by Crippen LogP contribution is -2.26. The second kappa shape index (κ2) is 10.3. The molecule has 0 saturated heterocycles. The van der Waals surface area contributed by atoms with Crippen LogP contribution < -0.4 is 0 Å². The van der Waals surface area contributed by atoms with Gasteiger partial charge in [0, 0.05) is 28.4 Å². The topological polar surface area (TPSA) is 36.9 Å². The molecule has 0 fully saturated rings. The molecular weight excluding hydrogens is 312 g/mol. The fraction of sp³-hybridized carbons (Fsp3) is 0.625. The minimum Gasteiger partial charge on any atom is -0.360 e. The fourth-order valence-electron chi connectivity index (χ4n) is 2.14. The molecule has 0 amide bonds. The third-order valence-corrected chi connectivity index (χ3v) is 6.72. The van der Waals surface area contributed by atoms with E-state index in [0.717, 1.165) is 0 Å². The van der Waals surface area contributed by atoms with Crippen LogP contribution in [-0.4, -0.2) is 59.3 Å². The maximum Gasteiger partial charge on any atom is 0.137 e. The quantitative estimate of drug-likeness (QED) is 0.485. The number of ether oxygens (including phenoxy) is 4. The van der Waals surface area contributed by atoms with Gasteiger partial charge in [-0.2, -0.15) is 0 Å². The Hall–Kier alpha value is -0.506. The highest BCUT2D eigenvalue weighted by Gasteiger charge is 2.17. The summed E-state index contributed by atoms with van der Waals surface area (Å²) in [6.45, 7) is 4.41. The molecule has 1 rings (SSSR count). The molecule has 122 valence electrons. The van der Waals surface area contributed by atoms with Crippen molar-refractivity contribution in [3.05, 3.63) is 35.4 Å². The highest BCUT2D eigenvalue weighted by atomic mass is 28.2. The molecule has 2 atom stereocenters. The molecule has 1 aromatic carbocycles. The molecule has 0 bridgehead atoms. The van der Waals surface area contributed by atoms with Gasteiger partial charge < -0.3 is 18.9 Å². The highest BCUT2D eigenvalue weighted by molar-refractivity contribution is 6.39. The highest BCUT2D eigenvalue weighted by Crippen LogP contribution is 2.21. The van der Waals surface area contributed by atoms with E-state index in [9.17, 15) is 0 Å². The monoisotopic (exact) mass is 338 g/mol. The van der Waals surface area contributed by atoms with E-state index in [-0.39, 0.29) is 11.8 Å². The third kappa shape index (κ3) is 5.94. The number of hydrogen-bond acceptors (Lipinski definition) is 4. The Bertz CT molecular complexity index is 366. The number of benzene rings is 1. The molecule has 0 aromatic heterocycles. The summed E-state index contributed by atoms with van der Waals surface area (Å²) < 4.78 is 21.1. The normalized spacial score (nSPS) is 14.5. The summed E-state index contributed by atoms with van der Waals surface area (Å²) >= 11 is 0. The largest absolute Gasteiger partial charge is 0.360 e. The molecule has 0 heterocycles. The van der Waals surface area contributed by atoms with Gasteiger partial charge in [-0.05, 0) is 22.2 Å². The van der Waals surface area contributed by atoms with Gasteiger partial charge in [-0.3, -0.25) is 0 Å². The number of rotatable bonds is 10.